The molecule has 0 atom stereocenters. The molecule has 6 heteroatoms. The number of nitrogens with one attached hydrogen (secondary N) is 1. The molecule has 0 spiro atoms. The van der Waals surface area contributed by atoms with Gasteiger partial charge in [-0.1, -0.05) is 30.3 Å². The number of nitrogens with zero attached hydrogens (tertiary/aromatic N) is 1. The summed E-state index contributed by atoms with van der Waals surface area (Å²) in [5.74, 6) is 1.52. The summed E-state index contributed by atoms with van der Waals surface area (Å²) in [5, 5.41) is 2.89. The van der Waals surface area contributed by atoms with E-state index in [0.29, 0.717) is 41.8 Å². The van der Waals surface area contributed by atoms with Crippen LogP contribution in [0.2, 0.25) is 0 Å². The van der Waals surface area contributed by atoms with Gasteiger partial charge in [0, 0.05) is 25.1 Å². The first-order valence-corrected chi connectivity index (χ1v) is 9.62. The fourth-order valence-electron chi connectivity index (χ4n) is 3.02. The third-order valence-electron chi connectivity index (χ3n) is 4.56. The number of aromatic nitrogens is 1. The highest BCUT2D eigenvalue weighted by atomic mass is 16.5. The summed E-state index contributed by atoms with van der Waals surface area (Å²) in [6, 6.07) is 20.2. The predicted molar refractivity (Wildman–Crippen MR) is 110 cm³/mol. The van der Waals surface area contributed by atoms with Gasteiger partial charge in [0.1, 0.15) is 11.9 Å². The molecule has 148 valence electrons. The lowest BCUT2D eigenvalue weighted by atomic mass is 10.1. The fraction of sp³-hybridized carbons (Fsp3) is 0.217. The monoisotopic (exact) mass is 390 g/mol. The minimum absolute atomic E-state index is 0.109. The highest BCUT2D eigenvalue weighted by molar-refractivity contribution is 6.04. The van der Waals surface area contributed by atoms with E-state index in [1.807, 2.05) is 48.5 Å². The van der Waals surface area contributed by atoms with Crippen LogP contribution in [0, 0.1) is 0 Å². The van der Waals surface area contributed by atoms with Gasteiger partial charge in [-0.05, 0) is 30.3 Å². The van der Waals surface area contributed by atoms with Crippen LogP contribution in [0.4, 0.5) is 5.69 Å². The molecule has 3 aromatic rings. The number of hydrogen-bond acceptors (Lipinski definition) is 5. The van der Waals surface area contributed by atoms with Gasteiger partial charge in [0.15, 0.2) is 5.75 Å². The SMILES string of the molecule is O=C(Nc1ccccc1Oc1ccccc1)c1ccc(OC2CCOCC2)nc1. The molecular formula is C23H22N2O4. The molecule has 1 fully saturated rings. The Kier molecular flexibility index (Phi) is 6.02. The Morgan fingerprint density at radius 1 is 0.966 bits per heavy atom. The van der Waals surface area contributed by atoms with Gasteiger partial charge in [0.05, 0.1) is 24.5 Å². The first kappa shape index (κ1) is 19.0. The number of para-hydroxylation sites is 3. The normalized spacial score (nSPS) is 14.2. The van der Waals surface area contributed by atoms with Crippen molar-refractivity contribution in [2.24, 2.45) is 0 Å². The molecule has 0 unspecified atom stereocenters. The van der Waals surface area contributed by atoms with E-state index < -0.39 is 0 Å². The summed E-state index contributed by atoms with van der Waals surface area (Å²) in [6.45, 7) is 1.41. The Balaban J connectivity index is 1.41. The summed E-state index contributed by atoms with van der Waals surface area (Å²) in [5.41, 5.74) is 1.03. The second kappa shape index (κ2) is 9.21. The minimum Gasteiger partial charge on any atom is -0.474 e. The first-order chi connectivity index (χ1) is 14.3. The zero-order valence-electron chi connectivity index (χ0n) is 15.9. The van der Waals surface area contributed by atoms with Crippen molar-refractivity contribution >= 4 is 11.6 Å². The van der Waals surface area contributed by atoms with E-state index in [-0.39, 0.29) is 12.0 Å². The van der Waals surface area contributed by atoms with Crippen LogP contribution < -0.4 is 14.8 Å². The minimum atomic E-state index is -0.265. The number of anilines is 1. The molecule has 0 aliphatic carbocycles. The smallest absolute Gasteiger partial charge is 0.257 e. The number of pyridine rings is 1. The van der Waals surface area contributed by atoms with Gasteiger partial charge in [-0.15, -0.1) is 0 Å². The first-order valence-electron chi connectivity index (χ1n) is 9.62. The molecule has 0 bridgehead atoms. The number of rotatable bonds is 6. The second-order valence-corrected chi connectivity index (χ2v) is 6.68. The maximum absolute atomic E-state index is 12.7. The number of amides is 1. The molecule has 1 amide bonds. The van der Waals surface area contributed by atoms with Crippen LogP contribution in [0.1, 0.15) is 23.2 Å². The van der Waals surface area contributed by atoms with E-state index in [2.05, 4.69) is 10.3 Å². The standard InChI is InChI=1S/C23H22N2O4/c26-23(17-10-11-22(24-16-17)29-19-12-14-27-15-13-19)25-20-8-4-5-9-21(20)28-18-6-2-1-3-7-18/h1-11,16,19H,12-15H2,(H,25,26). The van der Waals surface area contributed by atoms with Crippen LogP contribution in [0.3, 0.4) is 0 Å². The summed E-state index contributed by atoms with van der Waals surface area (Å²) < 4.78 is 17.1. The number of carbonyl (C=O) groups excluding carboxylic acids is 1. The number of carbonyl (C=O) groups is 1. The Bertz CT molecular complexity index is 939. The quantitative estimate of drug-likeness (QED) is 0.662. The van der Waals surface area contributed by atoms with E-state index in [9.17, 15) is 4.79 Å². The maximum atomic E-state index is 12.7. The van der Waals surface area contributed by atoms with Crippen LogP contribution in [0.25, 0.3) is 0 Å². The predicted octanol–water partition coefficient (Wildman–Crippen LogP) is 4.68. The molecule has 1 aromatic heterocycles. The van der Waals surface area contributed by atoms with Gasteiger partial charge in [0.2, 0.25) is 5.88 Å². The second-order valence-electron chi connectivity index (χ2n) is 6.68. The Hall–Kier alpha value is -3.38. The lowest BCUT2D eigenvalue weighted by Gasteiger charge is -2.22. The van der Waals surface area contributed by atoms with E-state index in [0.717, 1.165) is 12.8 Å². The van der Waals surface area contributed by atoms with E-state index in [1.165, 1.54) is 6.20 Å². The van der Waals surface area contributed by atoms with Crippen LogP contribution in [0.5, 0.6) is 17.4 Å². The van der Waals surface area contributed by atoms with Crippen molar-refractivity contribution in [3.63, 3.8) is 0 Å². The van der Waals surface area contributed by atoms with Gasteiger partial charge in [-0.2, -0.15) is 0 Å². The molecular weight excluding hydrogens is 368 g/mol. The van der Waals surface area contributed by atoms with E-state index in [1.54, 1.807) is 18.2 Å². The van der Waals surface area contributed by atoms with Gasteiger partial charge in [-0.25, -0.2) is 4.98 Å². The number of benzene rings is 2. The molecule has 0 saturated carbocycles. The van der Waals surface area contributed by atoms with Gasteiger partial charge in [0.25, 0.3) is 5.91 Å². The van der Waals surface area contributed by atoms with E-state index in [4.69, 9.17) is 14.2 Å². The average Bonchev–Trinajstić information content (AvgIpc) is 2.77. The molecule has 4 rings (SSSR count). The van der Waals surface area contributed by atoms with Crippen LogP contribution >= 0.6 is 0 Å². The van der Waals surface area contributed by atoms with Crippen LogP contribution in [0.15, 0.2) is 72.9 Å². The fourth-order valence-corrected chi connectivity index (χ4v) is 3.02. The van der Waals surface area contributed by atoms with Crippen molar-refractivity contribution < 1.29 is 19.0 Å². The maximum Gasteiger partial charge on any atom is 0.257 e. The molecule has 2 heterocycles. The van der Waals surface area contributed by atoms with Gasteiger partial charge < -0.3 is 19.5 Å². The van der Waals surface area contributed by atoms with Gasteiger partial charge in [-0.3, -0.25) is 4.79 Å². The zero-order chi connectivity index (χ0) is 19.9. The molecule has 1 saturated heterocycles. The van der Waals surface area contributed by atoms with Crippen molar-refractivity contribution in [2.45, 2.75) is 18.9 Å². The summed E-state index contributed by atoms with van der Waals surface area (Å²) in [6.07, 6.45) is 3.33. The largest absolute Gasteiger partial charge is 0.474 e. The topological polar surface area (TPSA) is 69.7 Å². The molecule has 1 aliphatic heterocycles. The zero-order valence-corrected chi connectivity index (χ0v) is 15.9. The van der Waals surface area contributed by atoms with Crippen LogP contribution in [-0.4, -0.2) is 30.2 Å². The highest BCUT2D eigenvalue weighted by Gasteiger charge is 2.16. The number of ether oxygens (including phenoxy) is 3. The lowest BCUT2D eigenvalue weighted by molar-refractivity contribution is 0.0237. The lowest BCUT2D eigenvalue weighted by Crippen LogP contribution is -2.26. The average molecular weight is 390 g/mol. The summed E-state index contributed by atoms with van der Waals surface area (Å²) in [7, 11) is 0. The molecule has 29 heavy (non-hydrogen) atoms. The van der Waals surface area contributed by atoms with E-state index >= 15 is 0 Å². The third-order valence-corrected chi connectivity index (χ3v) is 4.56. The highest BCUT2D eigenvalue weighted by Crippen LogP contribution is 2.29. The van der Waals surface area contributed by atoms with Crippen molar-refractivity contribution in [1.82, 2.24) is 4.98 Å². The summed E-state index contributed by atoms with van der Waals surface area (Å²) in [4.78, 5) is 16.9. The third kappa shape index (κ3) is 5.12. The van der Waals surface area contributed by atoms with Crippen molar-refractivity contribution in [2.75, 3.05) is 18.5 Å². The van der Waals surface area contributed by atoms with Crippen LogP contribution in [-0.2, 0) is 4.74 Å². The molecule has 0 radical (unpaired) electrons. The Morgan fingerprint density at radius 2 is 1.72 bits per heavy atom. The molecule has 6 nitrogen and oxygen atoms in total. The molecule has 1 N–H and O–H groups in total. The Labute approximate surface area is 169 Å². The molecule has 1 aliphatic rings. The summed E-state index contributed by atoms with van der Waals surface area (Å²) >= 11 is 0. The number of hydrogen-bond donors (Lipinski definition) is 1. The van der Waals surface area contributed by atoms with Crippen molar-refractivity contribution in [3.05, 3.63) is 78.5 Å². The Morgan fingerprint density at radius 3 is 2.48 bits per heavy atom. The molecule has 2 aromatic carbocycles. The van der Waals surface area contributed by atoms with Crippen molar-refractivity contribution in [1.29, 1.82) is 0 Å². The van der Waals surface area contributed by atoms with Crippen molar-refractivity contribution in [3.8, 4) is 17.4 Å². The van der Waals surface area contributed by atoms with Gasteiger partial charge >= 0.3 is 0 Å².